The molecule has 2 aromatic heterocycles. The molecule has 1 aromatic carbocycles. The zero-order chi connectivity index (χ0) is 18.0. The second-order valence-electron chi connectivity index (χ2n) is 6.08. The number of nitrogens with one attached hydrogen (secondary N) is 2. The van der Waals surface area contributed by atoms with Crippen molar-refractivity contribution in [3.8, 4) is 10.6 Å². The van der Waals surface area contributed by atoms with E-state index >= 15 is 0 Å². The lowest BCUT2D eigenvalue weighted by molar-refractivity contribution is 0.262. The Balaban J connectivity index is 1.69. The molecule has 0 aliphatic rings. The molecule has 6 nitrogen and oxygen atoms in total. The van der Waals surface area contributed by atoms with E-state index in [2.05, 4.69) is 34.6 Å². The summed E-state index contributed by atoms with van der Waals surface area (Å²) in [5, 5.41) is 13.1. The number of aryl methyl sites for hydroxylation is 1. The Bertz CT molecular complexity index is 866. The third-order valence-corrected chi connectivity index (χ3v) is 4.70. The van der Waals surface area contributed by atoms with Gasteiger partial charge in [-0.25, -0.2) is 9.78 Å². The maximum Gasteiger partial charge on any atom is 0.323 e. The SMILES string of the molecule is Cc1nn(C(C)C)c(C)c1NC(=O)Nc1ccc(-c2nccs2)cc1. The number of benzene rings is 1. The van der Waals surface area contributed by atoms with Crippen molar-refractivity contribution in [1.82, 2.24) is 14.8 Å². The predicted molar refractivity (Wildman–Crippen MR) is 102 cm³/mol. The summed E-state index contributed by atoms with van der Waals surface area (Å²) in [7, 11) is 0. The molecule has 2 amide bonds. The Morgan fingerprint density at radius 1 is 1.16 bits per heavy atom. The zero-order valence-corrected chi connectivity index (χ0v) is 15.5. The first-order chi connectivity index (χ1) is 12.0. The average Bonchev–Trinajstić information content (AvgIpc) is 3.20. The van der Waals surface area contributed by atoms with Crippen LogP contribution in [-0.2, 0) is 0 Å². The van der Waals surface area contributed by atoms with Crippen molar-refractivity contribution in [1.29, 1.82) is 0 Å². The molecule has 0 fully saturated rings. The number of amides is 2. The van der Waals surface area contributed by atoms with Crippen LogP contribution in [-0.4, -0.2) is 20.8 Å². The number of rotatable bonds is 4. The fourth-order valence-electron chi connectivity index (χ4n) is 2.68. The fourth-order valence-corrected chi connectivity index (χ4v) is 3.33. The normalized spacial score (nSPS) is 10.9. The lowest BCUT2D eigenvalue weighted by Crippen LogP contribution is -2.20. The van der Waals surface area contributed by atoms with E-state index in [1.54, 1.807) is 17.5 Å². The van der Waals surface area contributed by atoms with Crippen molar-refractivity contribution in [2.24, 2.45) is 0 Å². The van der Waals surface area contributed by atoms with Gasteiger partial charge < -0.3 is 10.6 Å². The van der Waals surface area contributed by atoms with E-state index in [9.17, 15) is 4.79 Å². The summed E-state index contributed by atoms with van der Waals surface area (Å²) in [6.45, 7) is 7.98. The van der Waals surface area contributed by atoms with Crippen molar-refractivity contribution < 1.29 is 4.79 Å². The van der Waals surface area contributed by atoms with Gasteiger partial charge in [0.2, 0.25) is 0 Å². The summed E-state index contributed by atoms with van der Waals surface area (Å²) in [4.78, 5) is 16.6. The molecule has 0 bridgehead atoms. The fraction of sp³-hybridized carbons (Fsp3) is 0.278. The van der Waals surface area contributed by atoms with Gasteiger partial charge in [-0.15, -0.1) is 11.3 Å². The maximum absolute atomic E-state index is 12.3. The number of carbonyl (C=O) groups is 1. The van der Waals surface area contributed by atoms with Crippen LogP contribution >= 0.6 is 11.3 Å². The van der Waals surface area contributed by atoms with Crippen molar-refractivity contribution in [2.45, 2.75) is 33.7 Å². The second-order valence-corrected chi connectivity index (χ2v) is 6.97. The highest BCUT2D eigenvalue weighted by Gasteiger charge is 2.15. The molecule has 2 heterocycles. The van der Waals surface area contributed by atoms with E-state index in [0.29, 0.717) is 0 Å². The molecule has 130 valence electrons. The number of nitrogens with zero attached hydrogens (tertiary/aromatic N) is 3. The van der Waals surface area contributed by atoms with Crippen molar-refractivity contribution in [3.05, 3.63) is 47.2 Å². The average molecular weight is 355 g/mol. The van der Waals surface area contributed by atoms with Crippen LogP contribution in [0.1, 0.15) is 31.3 Å². The first-order valence-electron chi connectivity index (χ1n) is 8.09. The molecule has 3 aromatic rings. The molecule has 7 heteroatoms. The molecule has 0 aliphatic carbocycles. The highest BCUT2D eigenvalue weighted by atomic mass is 32.1. The molecule has 0 saturated heterocycles. The van der Waals surface area contributed by atoms with Crippen molar-refractivity contribution >= 4 is 28.7 Å². The molecular formula is C18H21N5OS. The van der Waals surface area contributed by atoms with Gasteiger partial charge in [-0.05, 0) is 52.0 Å². The third kappa shape index (κ3) is 3.71. The molecule has 25 heavy (non-hydrogen) atoms. The standard InChI is InChI=1S/C18H21N5OS/c1-11(2)23-13(4)16(12(3)22-23)21-18(24)20-15-7-5-14(6-8-15)17-19-9-10-25-17/h5-11H,1-4H3,(H2,20,21,24). The van der Waals surface area contributed by atoms with Gasteiger partial charge in [-0.2, -0.15) is 5.10 Å². The van der Waals surface area contributed by atoms with E-state index in [0.717, 1.165) is 33.3 Å². The Morgan fingerprint density at radius 3 is 2.44 bits per heavy atom. The lowest BCUT2D eigenvalue weighted by atomic mass is 10.2. The molecule has 0 unspecified atom stereocenters. The number of hydrogen-bond acceptors (Lipinski definition) is 4. The van der Waals surface area contributed by atoms with Crippen LogP contribution in [0.4, 0.5) is 16.2 Å². The van der Waals surface area contributed by atoms with Crippen LogP contribution in [0.25, 0.3) is 10.6 Å². The first kappa shape index (κ1) is 17.2. The largest absolute Gasteiger partial charge is 0.323 e. The Kier molecular flexibility index (Phi) is 4.85. The summed E-state index contributed by atoms with van der Waals surface area (Å²) in [6, 6.07) is 7.59. The lowest BCUT2D eigenvalue weighted by Gasteiger charge is -2.10. The van der Waals surface area contributed by atoms with Crippen LogP contribution in [0.15, 0.2) is 35.8 Å². The number of thiazole rings is 1. The summed E-state index contributed by atoms with van der Waals surface area (Å²) in [5.74, 6) is 0. The number of anilines is 2. The molecule has 0 aliphatic heterocycles. The van der Waals surface area contributed by atoms with Gasteiger partial charge in [0.1, 0.15) is 5.01 Å². The monoisotopic (exact) mass is 355 g/mol. The van der Waals surface area contributed by atoms with Crippen molar-refractivity contribution in [3.63, 3.8) is 0 Å². The van der Waals surface area contributed by atoms with Crippen LogP contribution < -0.4 is 10.6 Å². The number of carbonyl (C=O) groups excluding carboxylic acids is 1. The summed E-state index contributed by atoms with van der Waals surface area (Å²) >= 11 is 1.59. The Hall–Kier alpha value is -2.67. The van der Waals surface area contributed by atoms with Gasteiger partial charge >= 0.3 is 6.03 Å². The summed E-state index contributed by atoms with van der Waals surface area (Å²) in [6.07, 6.45) is 1.78. The van der Waals surface area contributed by atoms with Gasteiger partial charge in [0.15, 0.2) is 0 Å². The molecule has 0 radical (unpaired) electrons. The molecule has 0 atom stereocenters. The van der Waals surface area contributed by atoms with Gasteiger partial charge in [0, 0.05) is 28.9 Å². The van der Waals surface area contributed by atoms with Gasteiger partial charge in [-0.3, -0.25) is 4.68 Å². The minimum atomic E-state index is -0.281. The quantitative estimate of drug-likeness (QED) is 0.703. The molecule has 0 spiro atoms. The van der Waals surface area contributed by atoms with Crippen LogP contribution in [0.5, 0.6) is 0 Å². The van der Waals surface area contributed by atoms with Gasteiger partial charge in [0.05, 0.1) is 17.1 Å². The number of hydrogen-bond donors (Lipinski definition) is 2. The van der Waals surface area contributed by atoms with E-state index in [-0.39, 0.29) is 12.1 Å². The van der Waals surface area contributed by atoms with Crippen molar-refractivity contribution in [2.75, 3.05) is 10.6 Å². The second kappa shape index (κ2) is 7.06. The van der Waals surface area contributed by atoms with Gasteiger partial charge in [-0.1, -0.05) is 0 Å². The van der Waals surface area contributed by atoms with E-state index in [1.165, 1.54) is 0 Å². The third-order valence-electron chi connectivity index (χ3n) is 3.87. The molecule has 3 rings (SSSR count). The van der Waals surface area contributed by atoms with E-state index in [1.807, 2.05) is 48.2 Å². The number of aromatic nitrogens is 3. The molecular weight excluding hydrogens is 334 g/mol. The van der Waals surface area contributed by atoms with Crippen LogP contribution in [0.3, 0.4) is 0 Å². The number of urea groups is 1. The first-order valence-corrected chi connectivity index (χ1v) is 8.97. The Labute approximate surface area is 150 Å². The van der Waals surface area contributed by atoms with Gasteiger partial charge in [0.25, 0.3) is 0 Å². The highest BCUT2D eigenvalue weighted by molar-refractivity contribution is 7.13. The smallest absolute Gasteiger partial charge is 0.308 e. The van der Waals surface area contributed by atoms with E-state index < -0.39 is 0 Å². The Morgan fingerprint density at radius 2 is 1.88 bits per heavy atom. The molecule has 0 saturated carbocycles. The topological polar surface area (TPSA) is 71.8 Å². The van der Waals surface area contributed by atoms with Crippen LogP contribution in [0.2, 0.25) is 0 Å². The maximum atomic E-state index is 12.3. The predicted octanol–water partition coefficient (Wildman–Crippen LogP) is 4.85. The molecule has 2 N–H and O–H groups in total. The minimum absolute atomic E-state index is 0.246. The highest BCUT2D eigenvalue weighted by Crippen LogP contribution is 2.24. The summed E-state index contributed by atoms with van der Waals surface area (Å²) in [5.41, 5.74) is 4.27. The van der Waals surface area contributed by atoms with E-state index in [4.69, 9.17) is 0 Å². The summed E-state index contributed by atoms with van der Waals surface area (Å²) < 4.78 is 1.91. The zero-order valence-electron chi connectivity index (χ0n) is 14.7. The minimum Gasteiger partial charge on any atom is -0.308 e. The van der Waals surface area contributed by atoms with Crippen LogP contribution in [0, 0.1) is 13.8 Å².